The number of morpholine rings is 1. The van der Waals surface area contributed by atoms with Gasteiger partial charge in [-0.25, -0.2) is 0 Å². The predicted octanol–water partition coefficient (Wildman–Crippen LogP) is 0.967. The molecule has 1 aliphatic heterocycles. The zero-order chi connectivity index (χ0) is 12.3. The Hall–Kier alpha value is -1.39. The Kier molecular flexibility index (Phi) is 3.76. The maximum absolute atomic E-state index is 12.0. The average Bonchev–Trinajstić information content (AvgIpc) is 2.39. The predicted molar refractivity (Wildman–Crippen MR) is 63.4 cm³/mol. The summed E-state index contributed by atoms with van der Waals surface area (Å²) in [6, 6.07) is 9.14. The summed E-state index contributed by atoms with van der Waals surface area (Å²) >= 11 is 0. The molecule has 2 rings (SSSR count). The number of hydrogen-bond acceptors (Lipinski definition) is 3. The summed E-state index contributed by atoms with van der Waals surface area (Å²) < 4.78 is 5.40. The molecule has 2 atom stereocenters. The standard InChI is InChI=1S/C13H17NO3/c1-2-14-8-9-17-12(13(14)16)11(15)10-6-4-3-5-7-10/h3-7,11-12,15H,2,8-9H2,1H3/t11-,12+/m0/s1. The van der Waals surface area contributed by atoms with Crippen molar-refractivity contribution in [2.75, 3.05) is 19.7 Å². The molecular formula is C13H17NO3. The van der Waals surface area contributed by atoms with Crippen LogP contribution in [0.1, 0.15) is 18.6 Å². The lowest BCUT2D eigenvalue weighted by molar-refractivity contribution is -0.162. The van der Waals surface area contributed by atoms with Crippen molar-refractivity contribution in [2.24, 2.45) is 0 Å². The molecule has 1 aliphatic rings. The zero-order valence-electron chi connectivity index (χ0n) is 9.87. The second-order valence-corrected chi connectivity index (χ2v) is 4.06. The minimum absolute atomic E-state index is 0.130. The van der Waals surface area contributed by atoms with E-state index in [-0.39, 0.29) is 5.91 Å². The van der Waals surface area contributed by atoms with Crippen molar-refractivity contribution >= 4 is 5.91 Å². The first-order valence-corrected chi connectivity index (χ1v) is 5.87. The minimum atomic E-state index is -0.891. The van der Waals surface area contributed by atoms with Crippen LogP contribution in [-0.4, -0.2) is 41.7 Å². The Morgan fingerprint density at radius 3 is 2.82 bits per heavy atom. The van der Waals surface area contributed by atoms with Gasteiger partial charge >= 0.3 is 0 Å². The highest BCUT2D eigenvalue weighted by Gasteiger charge is 2.34. The molecular weight excluding hydrogens is 218 g/mol. The molecule has 1 saturated heterocycles. The number of carbonyl (C=O) groups is 1. The molecule has 0 aliphatic carbocycles. The van der Waals surface area contributed by atoms with Gasteiger partial charge in [-0.2, -0.15) is 0 Å². The van der Waals surface area contributed by atoms with Crippen LogP contribution in [0.15, 0.2) is 30.3 Å². The van der Waals surface area contributed by atoms with E-state index in [0.29, 0.717) is 25.3 Å². The van der Waals surface area contributed by atoms with Crippen LogP contribution >= 0.6 is 0 Å². The van der Waals surface area contributed by atoms with E-state index in [1.165, 1.54) is 0 Å². The van der Waals surface area contributed by atoms with Crippen molar-refractivity contribution in [3.05, 3.63) is 35.9 Å². The van der Waals surface area contributed by atoms with Crippen LogP contribution in [0.4, 0.5) is 0 Å². The molecule has 0 spiro atoms. The third-order valence-electron chi connectivity index (χ3n) is 3.02. The third kappa shape index (κ3) is 2.48. The van der Waals surface area contributed by atoms with Gasteiger partial charge in [0.1, 0.15) is 6.10 Å². The summed E-state index contributed by atoms with van der Waals surface area (Å²) in [6.07, 6.45) is -1.66. The van der Waals surface area contributed by atoms with Gasteiger partial charge in [-0.3, -0.25) is 4.79 Å². The lowest BCUT2D eigenvalue weighted by atomic mass is 10.0. The van der Waals surface area contributed by atoms with Crippen molar-refractivity contribution in [3.8, 4) is 0 Å². The lowest BCUT2D eigenvalue weighted by Crippen LogP contribution is -2.49. The zero-order valence-corrected chi connectivity index (χ0v) is 9.87. The molecule has 1 N–H and O–H groups in total. The molecule has 1 fully saturated rings. The fraction of sp³-hybridized carbons (Fsp3) is 0.462. The number of rotatable bonds is 3. The van der Waals surface area contributed by atoms with Crippen LogP contribution in [0.3, 0.4) is 0 Å². The Bertz CT molecular complexity index is 380. The van der Waals surface area contributed by atoms with Crippen molar-refractivity contribution in [1.29, 1.82) is 0 Å². The molecule has 4 nitrogen and oxygen atoms in total. The maximum Gasteiger partial charge on any atom is 0.254 e. The van der Waals surface area contributed by atoms with Gasteiger partial charge in [0, 0.05) is 13.1 Å². The molecule has 0 saturated carbocycles. The second kappa shape index (κ2) is 5.29. The van der Waals surface area contributed by atoms with E-state index in [1.54, 1.807) is 17.0 Å². The first kappa shape index (κ1) is 12.1. The smallest absolute Gasteiger partial charge is 0.254 e. The Morgan fingerprint density at radius 2 is 2.18 bits per heavy atom. The highest BCUT2D eigenvalue weighted by atomic mass is 16.5. The number of ether oxygens (including phenoxy) is 1. The molecule has 0 radical (unpaired) electrons. The average molecular weight is 235 g/mol. The van der Waals surface area contributed by atoms with Gasteiger partial charge in [0.15, 0.2) is 6.10 Å². The number of carbonyl (C=O) groups excluding carboxylic acids is 1. The van der Waals surface area contributed by atoms with E-state index in [2.05, 4.69) is 0 Å². The highest BCUT2D eigenvalue weighted by Crippen LogP contribution is 2.22. The van der Waals surface area contributed by atoms with Crippen molar-refractivity contribution < 1.29 is 14.6 Å². The molecule has 1 amide bonds. The summed E-state index contributed by atoms with van der Waals surface area (Å²) in [7, 11) is 0. The lowest BCUT2D eigenvalue weighted by Gasteiger charge is -2.33. The van der Waals surface area contributed by atoms with Gasteiger partial charge in [0.25, 0.3) is 5.91 Å². The molecule has 1 aromatic carbocycles. The van der Waals surface area contributed by atoms with Crippen LogP contribution in [0.5, 0.6) is 0 Å². The topological polar surface area (TPSA) is 49.8 Å². The minimum Gasteiger partial charge on any atom is -0.385 e. The van der Waals surface area contributed by atoms with Crippen LogP contribution in [0, 0.1) is 0 Å². The van der Waals surface area contributed by atoms with Gasteiger partial charge < -0.3 is 14.7 Å². The Morgan fingerprint density at radius 1 is 1.47 bits per heavy atom. The summed E-state index contributed by atoms with van der Waals surface area (Å²) in [6.45, 7) is 3.66. The Labute approximate surface area is 101 Å². The fourth-order valence-electron chi connectivity index (χ4n) is 2.02. The molecule has 92 valence electrons. The van der Waals surface area contributed by atoms with Crippen molar-refractivity contribution in [3.63, 3.8) is 0 Å². The molecule has 1 heterocycles. The quantitative estimate of drug-likeness (QED) is 0.849. The first-order chi connectivity index (χ1) is 8.24. The first-order valence-electron chi connectivity index (χ1n) is 5.87. The maximum atomic E-state index is 12.0. The number of hydrogen-bond donors (Lipinski definition) is 1. The van der Waals surface area contributed by atoms with E-state index in [4.69, 9.17) is 4.74 Å². The van der Waals surface area contributed by atoms with Crippen LogP contribution < -0.4 is 0 Å². The summed E-state index contributed by atoms with van der Waals surface area (Å²) in [5.41, 5.74) is 0.712. The molecule has 4 heteroatoms. The highest BCUT2D eigenvalue weighted by molar-refractivity contribution is 5.82. The van der Waals surface area contributed by atoms with E-state index in [0.717, 1.165) is 0 Å². The van der Waals surface area contributed by atoms with Crippen LogP contribution in [-0.2, 0) is 9.53 Å². The third-order valence-corrected chi connectivity index (χ3v) is 3.02. The van der Waals surface area contributed by atoms with Gasteiger partial charge in [-0.05, 0) is 12.5 Å². The number of aliphatic hydroxyl groups excluding tert-OH is 1. The van der Waals surface area contributed by atoms with E-state index in [9.17, 15) is 9.90 Å². The van der Waals surface area contributed by atoms with E-state index in [1.807, 2.05) is 25.1 Å². The van der Waals surface area contributed by atoms with E-state index >= 15 is 0 Å². The summed E-state index contributed by atoms with van der Waals surface area (Å²) in [4.78, 5) is 13.7. The van der Waals surface area contributed by atoms with E-state index < -0.39 is 12.2 Å². The number of likely N-dealkylation sites (N-methyl/N-ethyl adjacent to an activating group) is 1. The largest absolute Gasteiger partial charge is 0.385 e. The molecule has 17 heavy (non-hydrogen) atoms. The number of benzene rings is 1. The number of nitrogens with zero attached hydrogens (tertiary/aromatic N) is 1. The Balaban J connectivity index is 2.14. The fourth-order valence-corrected chi connectivity index (χ4v) is 2.02. The number of aliphatic hydroxyl groups is 1. The second-order valence-electron chi connectivity index (χ2n) is 4.06. The molecule has 0 unspecified atom stereocenters. The van der Waals surface area contributed by atoms with Crippen molar-refractivity contribution in [1.82, 2.24) is 4.90 Å². The molecule has 0 bridgehead atoms. The van der Waals surface area contributed by atoms with Gasteiger partial charge in [-0.15, -0.1) is 0 Å². The SMILES string of the molecule is CCN1CCO[C@H]([C@@H](O)c2ccccc2)C1=O. The van der Waals surface area contributed by atoms with Gasteiger partial charge in [0.2, 0.25) is 0 Å². The molecule has 0 aromatic heterocycles. The van der Waals surface area contributed by atoms with Gasteiger partial charge in [0.05, 0.1) is 6.61 Å². The van der Waals surface area contributed by atoms with Crippen LogP contribution in [0.2, 0.25) is 0 Å². The monoisotopic (exact) mass is 235 g/mol. The van der Waals surface area contributed by atoms with Crippen LogP contribution in [0.25, 0.3) is 0 Å². The summed E-state index contributed by atoms with van der Waals surface area (Å²) in [5.74, 6) is -0.130. The summed E-state index contributed by atoms with van der Waals surface area (Å²) in [5, 5.41) is 10.2. The van der Waals surface area contributed by atoms with Crippen molar-refractivity contribution in [2.45, 2.75) is 19.1 Å². The number of amides is 1. The molecule has 1 aromatic rings. The normalized spacial score (nSPS) is 22.6. The van der Waals surface area contributed by atoms with Gasteiger partial charge in [-0.1, -0.05) is 30.3 Å².